The number of rotatable bonds is 2. The third-order valence-electron chi connectivity index (χ3n) is 5.53. The molecule has 0 radical (unpaired) electrons. The predicted molar refractivity (Wildman–Crippen MR) is 99.4 cm³/mol. The molecule has 0 spiro atoms. The van der Waals surface area contributed by atoms with Crippen LogP contribution >= 0.6 is 0 Å². The van der Waals surface area contributed by atoms with Gasteiger partial charge >= 0.3 is 6.09 Å². The SMILES string of the molecule is Cc1ccccc1NC(=O)Oc1ccc2c(c1)[C@]1(C)CCNC1N2C. The van der Waals surface area contributed by atoms with Crippen molar-refractivity contribution in [1.29, 1.82) is 0 Å². The maximum absolute atomic E-state index is 12.3. The van der Waals surface area contributed by atoms with Crippen molar-refractivity contribution < 1.29 is 9.53 Å². The molecule has 2 atom stereocenters. The van der Waals surface area contributed by atoms with Crippen molar-refractivity contribution in [3.8, 4) is 5.75 Å². The molecule has 2 aromatic rings. The zero-order valence-electron chi connectivity index (χ0n) is 14.8. The van der Waals surface area contributed by atoms with Crippen molar-refractivity contribution in [2.45, 2.75) is 31.8 Å². The second-order valence-corrected chi connectivity index (χ2v) is 7.14. The van der Waals surface area contributed by atoms with Crippen LogP contribution in [-0.2, 0) is 5.41 Å². The van der Waals surface area contributed by atoms with E-state index >= 15 is 0 Å². The fraction of sp³-hybridized carbons (Fsp3) is 0.350. The summed E-state index contributed by atoms with van der Waals surface area (Å²) in [6.45, 7) is 5.23. The molecule has 4 rings (SSSR count). The molecule has 2 aliphatic heterocycles. The Morgan fingerprint density at radius 2 is 2.12 bits per heavy atom. The second kappa shape index (κ2) is 5.77. The molecule has 0 saturated carbocycles. The van der Waals surface area contributed by atoms with Gasteiger partial charge in [-0.15, -0.1) is 0 Å². The number of para-hydroxylation sites is 1. The molecule has 1 fully saturated rings. The van der Waals surface area contributed by atoms with Gasteiger partial charge in [0.2, 0.25) is 0 Å². The molecule has 5 heteroatoms. The summed E-state index contributed by atoms with van der Waals surface area (Å²) in [4.78, 5) is 14.5. The molecule has 1 unspecified atom stereocenters. The van der Waals surface area contributed by atoms with E-state index in [0.29, 0.717) is 11.9 Å². The second-order valence-electron chi connectivity index (χ2n) is 7.14. The van der Waals surface area contributed by atoms with E-state index in [0.717, 1.165) is 24.2 Å². The molecular formula is C20H23N3O2. The number of hydrogen-bond donors (Lipinski definition) is 2. The molecule has 25 heavy (non-hydrogen) atoms. The Hall–Kier alpha value is -2.53. The minimum atomic E-state index is -0.466. The third kappa shape index (κ3) is 2.55. The summed E-state index contributed by atoms with van der Waals surface area (Å²) in [5.74, 6) is 0.576. The van der Waals surface area contributed by atoms with E-state index in [1.54, 1.807) is 0 Å². The largest absolute Gasteiger partial charge is 0.417 e. The lowest BCUT2D eigenvalue weighted by molar-refractivity contribution is 0.215. The van der Waals surface area contributed by atoms with E-state index in [1.807, 2.05) is 49.4 Å². The van der Waals surface area contributed by atoms with Gasteiger partial charge in [0.05, 0.1) is 6.17 Å². The van der Waals surface area contributed by atoms with E-state index in [4.69, 9.17) is 4.74 Å². The third-order valence-corrected chi connectivity index (χ3v) is 5.53. The Bertz CT molecular complexity index is 835. The fourth-order valence-electron chi connectivity index (χ4n) is 4.12. The Morgan fingerprint density at radius 1 is 1.32 bits per heavy atom. The summed E-state index contributed by atoms with van der Waals surface area (Å²) >= 11 is 0. The first kappa shape index (κ1) is 16.0. The summed E-state index contributed by atoms with van der Waals surface area (Å²) < 4.78 is 5.54. The van der Waals surface area contributed by atoms with Crippen molar-refractivity contribution in [3.63, 3.8) is 0 Å². The van der Waals surface area contributed by atoms with E-state index in [9.17, 15) is 4.79 Å². The average molecular weight is 337 g/mol. The van der Waals surface area contributed by atoms with Crippen LogP contribution in [0.25, 0.3) is 0 Å². The Balaban J connectivity index is 1.55. The first-order valence-corrected chi connectivity index (χ1v) is 8.64. The van der Waals surface area contributed by atoms with Crippen molar-refractivity contribution in [3.05, 3.63) is 53.6 Å². The monoisotopic (exact) mass is 337 g/mol. The summed E-state index contributed by atoms with van der Waals surface area (Å²) in [5.41, 5.74) is 4.26. The summed E-state index contributed by atoms with van der Waals surface area (Å²) in [6.07, 6.45) is 0.916. The van der Waals surface area contributed by atoms with Crippen LogP contribution in [-0.4, -0.2) is 25.9 Å². The topological polar surface area (TPSA) is 53.6 Å². The van der Waals surface area contributed by atoms with Gasteiger partial charge in [-0.2, -0.15) is 0 Å². The lowest BCUT2D eigenvalue weighted by Crippen LogP contribution is -2.44. The van der Waals surface area contributed by atoms with Crippen molar-refractivity contribution >= 4 is 17.5 Å². The van der Waals surface area contributed by atoms with Crippen LogP contribution in [0.15, 0.2) is 42.5 Å². The smallest absolute Gasteiger partial charge is 0.410 e. The number of nitrogens with zero attached hydrogens (tertiary/aromatic N) is 1. The van der Waals surface area contributed by atoms with E-state index in [1.165, 1.54) is 11.3 Å². The number of nitrogens with one attached hydrogen (secondary N) is 2. The standard InChI is InChI=1S/C20H23N3O2/c1-13-6-4-5-7-16(13)22-19(24)25-14-8-9-17-15(12-14)20(2)10-11-21-18(20)23(17)3/h4-9,12,18,21H,10-11H2,1-3H3,(H,22,24)/t18?,20-/m0/s1. The Morgan fingerprint density at radius 3 is 2.92 bits per heavy atom. The highest BCUT2D eigenvalue weighted by Gasteiger charge is 2.49. The molecule has 0 bridgehead atoms. The van der Waals surface area contributed by atoms with Crippen molar-refractivity contribution in [2.75, 3.05) is 23.8 Å². The lowest BCUT2D eigenvalue weighted by Gasteiger charge is -2.27. The van der Waals surface area contributed by atoms with Gasteiger partial charge in [0.1, 0.15) is 5.75 Å². The van der Waals surface area contributed by atoms with Crippen molar-refractivity contribution in [1.82, 2.24) is 5.32 Å². The van der Waals surface area contributed by atoms with Crippen LogP contribution in [0.5, 0.6) is 5.75 Å². The average Bonchev–Trinajstić information content (AvgIpc) is 3.07. The number of hydrogen-bond acceptors (Lipinski definition) is 4. The van der Waals surface area contributed by atoms with Gasteiger partial charge in [-0.3, -0.25) is 10.6 Å². The van der Waals surface area contributed by atoms with Crippen LogP contribution in [0, 0.1) is 6.92 Å². The van der Waals surface area contributed by atoms with Gasteiger partial charge in [0.15, 0.2) is 0 Å². The van der Waals surface area contributed by atoms with E-state index in [2.05, 4.69) is 29.5 Å². The number of ether oxygens (including phenoxy) is 1. The minimum Gasteiger partial charge on any atom is -0.410 e. The quantitative estimate of drug-likeness (QED) is 0.879. The first-order valence-electron chi connectivity index (χ1n) is 8.64. The normalized spacial score (nSPS) is 24.0. The number of carbonyl (C=O) groups excluding carboxylic acids is 1. The number of likely N-dealkylation sites (N-methyl/N-ethyl adjacent to an activating group) is 1. The molecule has 2 aliphatic rings. The Labute approximate surface area is 148 Å². The number of aryl methyl sites for hydroxylation is 1. The van der Waals surface area contributed by atoms with Crippen LogP contribution in [0.3, 0.4) is 0 Å². The van der Waals surface area contributed by atoms with Gasteiger partial charge in [0.25, 0.3) is 0 Å². The molecular weight excluding hydrogens is 314 g/mol. The van der Waals surface area contributed by atoms with Gasteiger partial charge in [-0.05, 0) is 55.3 Å². The van der Waals surface area contributed by atoms with Gasteiger partial charge in [-0.25, -0.2) is 4.79 Å². The zero-order valence-corrected chi connectivity index (χ0v) is 14.8. The van der Waals surface area contributed by atoms with Crippen LogP contribution in [0.4, 0.5) is 16.2 Å². The number of carbonyl (C=O) groups is 1. The summed E-state index contributed by atoms with van der Waals surface area (Å²) in [5, 5.41) is 6.37. The molecule has 0 aliphatic carbocycles. The molecule has 2 heterocycles. The molecule has 0 aromatic heterocycles. The summed E-state index contributed by atoms with van der Waals surface area (Å²) in [7, 11) is 2.11. The highest BCUT2D eigenvalue weighted by Crippen LogP contribution is 2.49. The summed E-state index contributed by atoms with van der Waals surface area (Å²) in [6, 6.07) is 13.6. The molecule has 2 aromatic carbocycles. The highest BCUT2D eigenvalue weighted by atomic mass is 16.6. The van der Waals surface area contributed by atoms with Gasteiger partial charge in [0, 0.05) is 23.8 Å². The predicted octanol–water partition coefficient (Wildman–Crippen LogP) is 3.63. The maximum Gasteiger partial charge on any atom is 0.417 e. The first-order chi connectivity index (χ1) is 12.0. The van der Waals surface area contributed by atoms with Gasteiger partial charge < -0.3 is 9.64 Å². The van der Waals surface area contributed by atoms with Gasteiger partial charge in [-0.1, -0.05) is 25.1 Å². The fourth-order valence-corrected chi connectivity index (χ4v) is 4.12. The number of anilines is 2. The lowest BCUT2D eigenvalue weighted by atomic mass is 9.81. The van der Waals surface area contributed by atoms with E-state index < -0.39 is 6.09 Å². The Kier molecular flexibility index (Phi) is 3.69. The number of benzene rings is 2. The van der Waals surface area contributed by atoms with E-state index in [-0.39, 0.29) is 5.41 Å². The number of fused-ring (bicyclic) bond motifs is 3. The molecule has 1 amide bonds. The van der Waals surface area contributed by atoms with Crippen LogP contribution in [0.2, 0.25) is 0 Å². The maximum atomic E-state index is 12.3. The van der Waals surface area contributed by atoms with Crippen LogP contribution in [0.1, 0.15) is 24.5 Å². The molecule has 5 nitrogen and oxygen atoms in total. The molecule has 1 saturated heterocycles. The minimum absolute atomic E-state index is 0.0515. The number of amides is 1. The molecule has 130 valence electrons. The van der Waals surface area contributed by atoms with Crippen molar-refractivity contribution in [2.24, 2.45) is 0 Å². The highest BCUT2D eigenvalue weighted by molar-refractivity contribution is 5.87. The zero-order chi connectivity index (χ0) is 17.6. The molecule has 2 N–H and O–H groups in total. The van der Waals surface area contributed by atoms with Crippen LogP contribution < -0.4 is 20.3 Å².